The van der Waals surface area contributed by atoms with Crippen LogP contribution in [-0.4, -0.2) is 12.5 Å². The van der Waals surface area contributed by atoms with Gasteiger partial charge >= 0.3 is 0 Å². The third kappa shape index (κ3) is 2.49. The predicted octanol–water partition coefficient (Wildman–Crippen LogP) is 4.46. The number of amides is 1. The van der Waals surface area contributed by atoms with Gasteiger partial charge in [0, 0.05) is 16.7 Å². The first-order valence-corrected chi connectivity index (χ1v) is 8.56. The minimum atomic E-state index is 0.00500. The van der Waals surface area contributed by atoms with E-state index in [1.165, 1.54) is 0 Å². The van der Waals surface area contributed by atoms with Crippen LogP contribution in [0.15, 0.2) is 48.5 Å². The summed E-state index contributed by atoms with van der Waals surface area (Å²) in [7, 11) is 0. The first-order chi connectivity index (χ1) is 11.2. The molecule has 1 aromatic heterocycles. The molecule has 3 nitrogen and oxygen atoms in total. The van der Waals surface area contributed by atoms with E-state index in [1.54, 1.807) is 11.3 Å². The Kier molecular flexibility index (Phi) is 3.54. The Morgan fingerprint density at radius 3 is 2.83 bits per heavy atom. The second-order valence-electron chi connectivity index (χ2n) is 5.75. The van der Waals surface area contributed by atoms with Crippen molar-refractivity contribution in [1.29, 1.82) is 0 Å². The molecule has 1 aliphatic heterocycles. The van der Waals surface area contributed by atoms with Gasteiger partial charge in [0.15, 0.2) is 0 Å². The van der Waals surface area contributed by atoms with E-state index < -0.39 is 0 Å². The number of carbonyl (C=O) groups is 1. The van der Waals surface area contributed by atoms with Crippen molar-refractivity contribution < 1.29 is 9.53 Å². The second-order valence-corrected chi connectivity index (χ2v) is 6.81. The van der Waals surface area contributed by atoms with Gasteiger partial charge in [-0.3, -0.25) is 4.79 Å². The molecule has 1 N–H and O–H groups in total. The smallest absolute Gasteiger partial charge is 0.262 e. The van der Waals surface area contributed by atoms with Crippen LogP contribution in [0.5, 0.6) is 5.75 Å². The van der Waals surface area contributed by atoms with Gasteiger partial charge in [0.1, 0.15) is 5.75 Å². The van der Waals surface area contributed by atoms with E-state index >= 15 is 0 Å². The Morgan fingerprint density at radius 1 is 1.17 bits per heavy atom. The SMILES string of the molecule is Cc1c(C(=O)N[C@H]2CCOc3ccccc32)sc2ccccc12. The first-order valence-electron chi connectivity index (χ1n) is 7.75. The highest BCUT2D eigenvalue weighted by Crippen LogP contribution is 2.34. The molecule has 0 bridgehead atoms. The summed E-state index contributed by atoms with van der Waals surface area (Å²) in [6, 6.07) is 16.1. The third-order valence-electron chi connectivity index (χ3n) is 4.31. The molecule has 4 heteroatoms. The normalized spacial score (nSPS) is 16.7. The third-order valence-corrected chi connectivity index (χ3v) is 5.59. The van der Waals surface area contributed by atoms with Gasteiger partial charge < -0.3 is 10.1 Å². The van der Waals surface area contributed by atoms with E-state index in [4.69, 9.17) is 4.74 Å². The summed E-state index contributed by atoms with van der Waals surface area (Å²) >= 11 is 1.56. The number of hydrogen-bond donors (Lipinski definition) is 1. The monoisotopic (exact) mass is 323 g/mol. The van der Waals surface area contributed by atoms with Crippen molar-refractivity contribution in [3.05, 3.63) is 64.5 Å². The summed E-state index contributed by atoms with van der Waals surface area (Å²) in [5.74, 6) is 0.877. The van der Waals surface area contributed by atoms with Crippen molar-refractivity contribution in [3.8, 4) is 5.75 Å². The van der Waals surface area contributed by atoms with Crippen LogP contribution in [0.3, 0.4) is 0 Å². The minimum Gasteiger partial charge on any atom is -0.493 e. The lowest BCUT2D eigenvalue weighted by molar-refractivity contribution is 0.0928. The fourth-order valence-corrected chi connectivity index (χ4v) is 4.22. The van der Waals surface area contributed by atoms with Crippen molar-refractivity contribution >= 4 is 27.3 Å². The van der Waals surface area contributed by atoms with Crippen LogP contribution in [0.4, 0.5) is 0 Å². The molecule has 2 heterocycles. The number of aryl methyl sites for hydroxylation is 1. The predicted molar refractivity (Wildman–Crippen MR) is 93.3 cm³/mol. The van der Waals surface area contributed by atoms with Crippen molar-refractivity contribution in [2.24, 2.45) is 0 Å². The summed E-state index contributed by atoms with van der Waals surface area (Å²) in [6.07, 6.45) is 0.798. The number of ether oxygens (including phenoxy) is 1. The highest BCUT2D eigenvalue weighted by molar-refractivity contribution is 7.21. The zero-order valence-corrected chi connectivity index (χ0v) is 13.7. The molecule has 0 saturated heterocycles. The molecule has 1 aliphatic rings. The number of rotatable bonds is 2. The average Bonchev–Trinajstić information content (AvgIpc) is 2.93. The maximum Gasteiger partial charge on any atom is 0.262 e. The van der Waals surface area contributed by atoms with E-state index in [0.29, 0.717) is 6.61 Å². The maximum absolute atomic E-state index is 12.8. The summed E-state index contributed by atoms with van der Waals surface area (Å²) in [5.41, 5.74) is 2.12. The van der Waals surface area contributed by atoms with E-state index in [2.05, 4.69) is 17.4 Å². The highest BCUT2D eigenvalue weighted by atomic mass is 32.1. The fourth-order valence-electron chi connectivity index (χ4n) is 3.11. The molecule has 0 radical (unpaired) electrons. The lowest BCUT2D eigenvalue weighted by atomic mass is 10.0. The van der Waals surface area contributed by atoms with Crippen LogP contribution < -0.4 is 10.1 Å². The van der Waals surface area contributed by atoms with E-state index in [9.17, 15) is 4.79 Å². The quantitative estimate of drug-likeness (QED) is 0.756. The molecule has 0 unspecified atom stereocenters. The maximum atomic E-state index is 12.8. The van der Waals surface area contributed by atoms with E-state index in [1.807, 2.05) is 43.3 Å². The molecule has 23 heavy (non-hydrogen) atoms. The van der Waals surface area contributed by atoms with Gasteiger partial charge in [-0.15, -0.1) is 11.3 Å². The number of benzene rings is 2. The van der Waals surface area contributed by atoms with Crippen LogP contribution in [0.25, 0.3) is 10.1 Å². The largest absolute Gasteiger partial charge is 0.493 e. The number of carbonyl (C=O) groups excluding carboxylic acids is 1. The Balaban J connectivity index is 1.64. The molecule has 1 atom stereocenters. The zero-order valence-electron chi connectivity index (χ0n) is 12.8. The topological polar surface area (TPSA) is 38.3 Å². The zero-order chi connectivity index (χ0) is 15.8. The van der Waals surface area contributed by atoms with Gasteiger partial charge in [0.05, 0.1) is 17.5 Å². The lowest BCUT2D eigenvalue weighted by Crippen LogP contribution is -2.32. The fraction of sp³-hybridized carbons (Fsp3) is 0.211. The molecule has 0 aliphatic carbocycles. The molecule has 0 spiro atoms. The summed E-state index contributed by atoms with van der Waals surface area (Å²) < 4.78 is 6.82. The number of hydrogen-bond acceptors (Lipinski definition) is 3. The number of thiophene rings is 1. The molecule has 3 aromatic rings. The molecule has 2 aromatic carbocycles. The van der Waals surface area contributed by atoms with Gasteiger partial charge in [0.25, 0.3) is 5.91 Å². The van der Waals surface area contributed by atoms with Crippen LogP contribution in [0.2, 0.25) is 0 Å². The number of fused-ring (bicyclic) bond motifs is 2. The Bertz CT molecular complexity index is 884. The van der Waals surface area contributed by atoms with Crippen LogP contribution in [0, 0.1) is 6.92 Å². The Labute approximate surface area is 138 Å². The van der Waals surface area contributed by atoms with Crippen LogP contribution in [-0.2, 0) is 0 Å². The lowest BCUT2D eigenvalue weighted by Gasteiger charge is -2.26. The molecular weight excluding hydrogens is 306 g/mol. The first kappa shape index (κ1) is 14.3. The Morgan fingerprint density at radius 2 is 1.96 bits per heavy atom. The molecule has 4 rings (SSSR count). The summed E-state index contributed by atoms with van der Waals surface area (Å²) in [4.78, 5) is 13.6. The van der Waals surface area contributed by atoms with Crippen molar-refractivity contribution in [3.63, 3.8) is 0 Å². The van der Waals surface area contributed by atoms with Crippen molar-refractivity contribution in [1.82, 2.24) is 5.32 Å². The van der Waals surface area contributed by atoms with E-state index in [0.717, 1.165) is 38.3 Å². The van der Waals surface area contributed by atoms with Crippen molar-refractivity contribution in [2.45, 2.75) is 19.4 Å². The second kappa shape index (κ2) is 5.70. The van der Waals surface area contributed by atoms with Gasteiger partial charge in [-0.1, -0.05) is 36.4 Å². The van der Waals surface area contributed by atoms with Gasteiger partial charge in [-0.05, 0) is 30.0 Å². The number of para-hydroxylation sites is 1. The van der Waals surface area contributed by atoms with Crippen LogP contribution >= 0.6 is 11.3 Å². The molecule has 0 saturated carbocycles. The molecule has 116 valence electrons. The van der Waals surface area contributed by atoms with Gasteiger partial charge in [0.2, 0.25) is 0 Å². The Hall–Kier alpha value is -2.33. The molecule has 0 fully saturated rings. The summed E-state index contributed by atoms with van der Waals surface area (Å²) in [5, 5.41) is 4.35. The van der Waals surface area contributed by atoms with Crippen LogP contribution in [0.1, 0.15) is 33.3 Å². The summed E-state index contributed by atoms with van der Waals surface area (Å²) in [6.45, 7) is 2.65. The van der Waals surface area contributed by atoms with Crippen molar-refractivity contribution in [2.75, 3.05) is 6.61 Å². The number of nitrogens with one attached hydrogen (secondary N) is 1. The molecular formula is C19H17NO2S. The van der Waals surface area contributed by atoms with Gasteiger partial charge in [-0.25, -0.2) is 0 Å². The molecule has 1 amide bonds. The minimum absolute atomic E-state index is 0.00500. The van der Waals surface area contributed by atoms with Gasteiger partial charge in [-0.2, -0.15) is 0 Å². The standard InChI is InChI=1S/C19H17NO2S/c1-12-13-6-3-5-9-17(13)23-18(12)19(21)20-15-10-11-22-16-8-4-2-7-14(15)16/h2-9,15H,10-11H2,1H3,(H,20,21)/t15-/m0/s1. The van der Waals surface area contributed by atoms with E-state index in [-0.39, 0.29) is 11.9 Å². The average molecular weight is 323 g/mol. The highest BCUT2D eigenvalue weighted by Gasteiger charge is 2.24.